The fraction of sp³-hybridized carbons (Fsp3) is 0.571. The summed E-state index contributed by atoms with van der Waals surface area (Å²) in [5.74, 6) is 0. The Balaban J connectivity index is 2.67. The Morgan fingerprint density at radius 1 is 0.944 bits per heavy atom. The molecule has 2 heterocycles. The third-order valence-corrected chi connectivity index (χ3v) is 3.19. The summed E-state index contributed by atoms with van der Waals surface area (Å²) in [4.78, 5) is 4.66. The lowest BCUT2D eigenvalue weighted by Gasteiger charge is -2.17. The fourth-order valence-electron chi connectivity index (χ4n) is 1.69. The summed E-state index contributed by atoms with van der Waals surface area (Å²) in [7, 11) is 0. The van der Waals surface area contributed by atoms with E-state index in [1.807, 2.05) is 12.1 Å². The minimum Gasteiger partial charge on any atom is -0.233 e. The Kier molecular flexibility index (Phi) is 2.93. The summed E-state index contributed by atoms with van der Waals surface area (Å²) in [5, 5.41) is 5.14. The van der Waals surface area contributed by atoms with Crippen LogP contribution in [0.25, 0.3) is 5.65 Å². The van der Waals surface area contributed by atoms with Gasteiger partial charge in [0.1, 0.15) is 5.15 Å². The predicted molar refractivity (Wildman–Crippen MR) is 75.4 cm³/mol. The van der Waals surface area contributed by atoms with Crippen LogP contribution in [0.1, 0.15) is 52.9 Å². The first kappa shape index (κ1) is 13.3. The van der Waals surface area contributed by atoms with Gasteiger partial charge >= 0.3 is 0 Å². The Labute approximate surface area is 113 Å². The van der Waals surface area contributed by atoms with Crippen LogP contribution in [0.15, 0.2) is 12.1 Å². The number of rotatable bonds is 0. The van der Waals surface area contributed by atoms with Crippen LogP contribution in [0, 0.1) is 0 Å². The minimum absolute atomic E-state index is 0.00107. The molecule has 0 atom stereocenters. The fourth-order valence-corrected chi connectivity index (χ4v) is 1.92. The lowest BCUT2D eigenvalue weighted by molar-refractivity contribution is 0.559. The van der Waals surface area contributed by atoms with Gasteiger partial charge in [-0.15, -0.1) is 0 Å². The summed E-state index contributed by atoms with van der Waals surface area (Å²) < 4.78 is 1.71. The summed E-state index contributed by atoms with van der Waals surface area (Å²) in [6.45, 7) is 12.8. The number of hydrogen-bond acceptors (Lipinski definition) is 2. The van der Waals surface area contributed by atoms with Crippen LogP contribution in [0.2, 0.25) is 5.15 Å². The van der Waals surface area contributed by atoms with Crippen LogP contribution in [-0.2, 0) is 10.8 Å². The van der Waals surface area contributed by atoms with Crippen LogP contribution >= 0.6 is 11.6 Å². The zero-order valence-electron chi connectivity index (χ0n) is 11.9. The normalized spacial score (nSPS) is 13.3. The summed E-state index contributed by atoms with van der Waals surface area (Å²) in [6, 6.07) is 3.91. The number of nitrogens with zero attached hydrogens (tertiary/aromatic N) is 3. The molecule has 0 saturated heterocycles. The molecule has 4 heteroatoms. The minimum atomic E-state index is -0.0163. The molecule has 0 N–H and O–H groups in total. The van der Waals surface area contributed by atoms with Crippen LogP contribution in [0.3, 0.4) is 0 Å². The molecule has 0 bridgehead atoms. The molecule has 0 spiro atoms. The Hall–Kier alpha value is -1.09. The van der Waals surface area contributed by atoms with Gasteiger partial charge in [-0.3, -0.25) is 0 Å². The highest BCUT2D eigenvalue weighted by Crippen LogP contribution is 2.27. The van der Waals surface area contributed by atoms with Crippen LogP contribution in [0.5, 0.6) is 0 Å². The highest BCUT2D eigenvalue weighted by Gasteiger charge is 2.22. The summed E-state index contributed by atoms with van der Waals surface area (Å²) in [6.07, 6.45) is 0. The largest absolute Gasteiger partial charge is 0.233 e. The van der Waals surface area contributed by atoms with Crippen LogP contribution in [-0.4, -0.2) is 14.6 Å². The first-order valence-corrected chi connectivity index (χ1v) is 6.54. The molecule has 0 aromatic carbocycles. The average Bonchev–Trinajstić information content (AvgIpc) is 2.59. The molecule has 0 aliphatic carbocycles. The van der Waals surface area contributed by atoms with E-state index in [9.17, 15) is 0 Å². The predicted octanol–water partition coefficient (Wildman–Crippen LogP) is 3.98. The topological polar surface area (TPSA) is 30.2 Å². The van der Waals surface area contributed by atoms with E-state index in [-0.39, 0.29) is 10.8 Å². The second-order valence-corrected chi connectivity index (χ2v) is 7.15. The van der Waals surface area contributed by atoms with E-state index in [1.54, 1.807) is 4.52 Å². The monoisotopic (exact) mass is 265 g/mol. The molecule has 0 saturated carbocycles. The van der Waals surface area contributed by atoms with E-state index in [1.165, 1.54) is 0 Å². The second kappa shape index (κ2) is 3.95. The quantitative estimate of drug-likeness (QED) is 0.675. The maximum atomic E-state index is 6.29. The Bertz CT molecular complexity index is 585. The average molecular weight is 266 g/mol. The summed E-state index contributed by atoms with van der Waals surface area (Å²) >= 11 is 6.29. The van der Waals surface area contributed by atoms with Gasteiger partial charge in [0, 0.05) is 16.9 Å². The highest BCUT2D eigenvalue weighted by atomic mass is 35.5. The molecule has 0 aliphatic rings. The van der Waals surface area contributed by atoms with Crippen molar-refractivity contribution in [2.75, 3.05) is 0 Å². The Morgan fingerprint density at radius 3 is 2.00 bits per heavy atom. The molecular formula is C14H20ClN3. The SMILES string of the molecule is CC(C)(C)c1cc(Cl)n2nc(C(C)(C)C)cc2n1. The molecule has 0 amide bonds. The van der Waals surface area contributed by atoms with E-state index >= 15 is 0 Å². The maximum Gasteiger partial charge on any atom is 0.157 e. The van der Waals surface area contributed by atoms with Crippen LogP contribution in [0.4, 0.5) is 0 Å². The molecule has 0 unspecified atom stereocenters. The Morgan fingerprint density at radius 2 is 1.50 bits per heavy atom. The molecule has 2 aromatic rings. The number of fused-ring (bicyclic) bond motifs is 1. The molecule has 0 radical (unpaired) electrons. The molecule has 18 heavy (non-hydrogen) atoms. The van der Waals surface area contributed by atoms with Crippen molar-refractivity contribution in [3.05, 3.63) is 28.7 Å². The second-order valence-electron chi connectivity index (χ2n) is 6.76. The van der Waals surface area contributed by atoms with Crippen molar-refractivity contribution in [3.8, 4) is 0 Å². The smallest absolute Gasteiger partial charge is 0.157 e. The summed E-state index contributed by atoms with van der Waals surface area (Å²) in [5.41, 5.74) is 2.79. The first-order valence-electron chi connectivity index (χ1n) is 6.16. The van der Waals surface area contributed by atoms with Crippen molar-refractivity contribution in [1.29, 1.82) is 0 Å². The van der Waals surface area contributed by atoms with E-state index in [0.29, 0.717) is 5.15 Å². The highest BCUT2D eigenvalue weighted by molar-refractivity contribution is 6.29. The number of aromatic nitrogens is 3. The molecule has 2 aromatic heterocycles. The van der Waals surface area contributed by atoms with Gasteiger partial charge in [0.05, 0.1) is 11.4 Å². The van der Waals surface area contributed by atoms with Gasteiger partial charge in [0.25, 0.3) is 0 Å². The molecule has 0 fully saturated rings. The third kappa shape index (κ3) is 2.37. The van der Waals surface area contributed by atoms with Gasteiger partial charge in [0.15, 0.2) is 5.65 Å². The van der Waals surface area contributed by atoms with Crippen molar-refractivity contribution in [2.24, 2.45) is 0 Å². The number of halogens is 1. The first-order chi connectivity index (χ1) is 8.09. The lowest BCUT2D eigenvalue weighted by Crippen LogP contribution is -2.14. The van der Waals surface area contributed by atoms with Gasteiger partial charge in [-0.2, -0.15) is 5.10 Å². The van der Waals surface area contributed by atoms with Crippen molar-refractivity contribution in [3.63, 3.8) is 0 Å². The van der Waals surface area contributed by atoms with Gasteiger partial charge in [-0.25, -0.2) is 9.50 Å². The van der Waals surface area contributed by atoms with E-state index < -0.39 is 0 Å². The number of hydrogen-bond donors (Lipinski definition) is 0. The standard InChI is InChI=1S/C14H20ClN3/c1-13(2,3)9-7-11(15)18-12(16-9)8-10(17-18)14(4,5)6/h7-8H,1-6H3. The van der Waals surface area contributed by atoms with Crippen molar-refractivity contribution in [2.45, 2.75) is 52.4 Å². The van der Waals surface area contributed by atoms with Crippen LogP contribution < -0.4 is 0 Å². The zero-order valence-corrected chi connectivity index (χ0v) is 12.6. The van der Waals surface area contributed by atoms with Gasteiger partial charge < -0.3 is 0 Å². The van der Waals surface area contributed by atoms with Gasteiger partial charge in [-0.1, -0.05) is 53.1 Å². The van der Waals surface area contributed by atoms with E-state index in [2.05, 4.69) is 51.6 Å². The molecular weight excluding hydrogens is 246 g/mol. The molecule has 3 nitrogen and oxygen atoms in total. The van der Waals surface area contributed by atoms with Gasteiger partial charge in [-0.05, 0) is 6.07 Å². The van der Waals surface area contributed by atoms with Crippen molar-refractivity contribution >= 4 is 17.2 Å². The van der Waals surface area contributed by atoms with Crippen molar-refractivity contribution < 1.29 is 0 Å². The van der Waals surface area contributed by atoms with Gasteiger partial charge in [0.2, 0.25) is 0 Å². The molecule has 98 valence electrons. The van der Waals surface area contributed by atoms with Crippen molar-refractivity contribution in [1.82, 2.24) is 14.6 Å². The molecule has 0 aliphatic heterocycles. The van der Waals surface area contributed by atoms with E-state index in [0.717, 1.165) is 17.0 Å². The third-order valence-electron chi connectivity index (χ3n) is 2.92. The molecule has 2 rings (SSSR count). The maximum absolute atomic E-state index is 6.29. The zero-order chi connectivity index (χ0) is 13.7. The van der Waals surface area contributed by atoms with E-state index in [4.69, 9.17) is 11.6 Å². The lowest BCUT2D eigenvalue weighted by atomic mass is 9.92.